The smallest absolute Gasteiger partial charge is 0.326 e. The molecule has 7 heteroatoms. The summed E-state index contributed by atoms with van der Waals surface area (Å²) in [6.07, 6.45) is 0.411. The molecule has 186 valence electrons. The van der Waals surface area contributed by atoms with Gasteiger partial charge in [0.25, 0.3) is 5.91 Å². The molecule has 3 aromatic carbocycles. The van der Waals surface area contributed by atoms with Crippen LogP contribution < -0.4 is 10.1 Å². The van der Waals surface area contributed by atoms with Crippen LogP contribution in [0.25, 0.3) is 0 Å². The summed E-state index contributed by atoms with van der Waals surface area (Å²) in [5, 5.41) is 3.06. The molecule has 1 N–H and O–H groups in total. The van der Waals surface area contributed by atoms with Crippen molar-refractivity contribution in [3.63, 3.8) is 0 Å². The summed E-state index contributed by atoms with van der Waals surface area (Å²) in [6.45, 7) is 4.51. The van der Waals surface area contributed by atoms with Crippen LogP contribution in [0.4, 0.5) is 4.79 Å². The van der Waals surface area contributed by atoms with Crippen molar-refractivity contribution in [2.24, 2.45) is 0 Å². The molecule has 3 aromatic rings. The number of imide groups is 1. The number of hydrogen-bond donors (Lipinski definition) is 1. The molecule has 1 atom stereocenters. The minimum absolute atomic E-state index is 0.191. The Morgan fingerprint density at radius 3 is 2.03 bits per heavy atom. The fourth-order valence-electron chi connectivity index (χ4n) is 5.07. The molecule has 7 nitrogen and oxygen atoms in total. The first-order valence-corrected chi connectivity index (χ1v) is 12.4. The van der Waals surface area contributed by atoms with Crippen LogP contribution in [-0.4, -0.2) is 66.6 Å². The maximum absolute atomic E-state index is 13.9. The number of hydrogen-bond acceptors (Lipinski definition) is 5. The zero-order chi connectivity index (χ0) is 25.0. The third-order valence-corrected chi connectivity index (χ3v) is 7.13. The number of urea groups is 1. The number of methoxy groups -OCH3 is 1. The second-order valence-electron chi connectivity index (χ2n) is 9.48. The van der Waals surface area contributed by atoms with E-state index >= 15 is 0 Å². The molecule has 5 rings (SSSR count). The Morgan fingerprint density at radius 2 is 1.39 bits per heavy atom. The predicted molar refractivity (Wildman–Crippen MR) is 138 cm³/mol. The van der Waals surface area contributed by atoms with Gasteiger partial charge in [0.15, 0.2) is 5.54 Å². The molecule has 2 saturated heterocycles. The van der Waals surface area contributed by atoms with E-state index in [2.05, 4.69) is 27.2 Å². The first-order valence-electron chi connectivity index (χ1n) is 12.4. The number of amides is 3. The molecule has 2 heterocycles. The van der Waals surface area contributed by atoms with Gasteiger partial charge in [0.2, 0.25) is 0 Å². The quantitative estimate of drug-likeness (QED) is 0.496. The van der Waals surface area contributed by atoms with E-state index in [9.17, 15) is 9.59 Å². The van der Waals surface area contributed by atoms with Gasteiger partial charge in [-0.1, -0.05) is 72.8 Å². The summed E-state index contributed by atoms with van der Waals surface area (Å²) in [4.78, 5) is 33.0. The van der Waals surface area contributed by atoms with E-state index in [0.717, 1.165) is 49.6 Å². The van der Waals surface area contributed by atoms with E-state index in [1.807, 2.05) is 72.8 Å². The third kappa shape index (κ3) is 4.98. The Hall–Kier alpha value is -3.68. The van der Waals surface area contributed by atoms with Crippen molar-refractivity contribution in [1.82, 2.24) is 20.0 Å². The second kappa shape index (κ2) is 10.5. The van der Waals surface area contributed by atoms with E-state index in [0.29, 0.717) is 13.1 Å². The lowest BCUT2D eigenvalue weighted by atomic mass is 9.83. The average molecular weight is 485 g/mol. The highest BCUT2D eigenvalue weighted by molar-refractivity contribution is 6.07. The molecule has 0 aliphatic carbocycles. The maximum Gasteiger partial charge on any atom is 0.326 e. The highest BCUT2D eigenvalue weighted by Crippen LogP contribution is 2.33. The van der Waals surface area contributed by atoms with E-state index in [4.69, 9.17) is 4.74 Å². The Balaban J connectivity index is 1.25. The number of carbonyl (C=O) groups is 2. The molecule has 0 aromatic heterocycles. The normalized spacial score (nSPS) is 21.0. The number of benzene rings is 3. The van der Waals surface area contributed by atoms with Gasteiger partial charge in [0.1, 0.15) is 5.75 Å². The van der Waals surface area contributed by atoms with Crippen molar-refractivity contribution in [3.05, 3.63) is 102 Å². The molecular weight excluding hydrogens is 452 g/mol. The first kappa shape index (κ1) is 24.0. The van der Waals surface area contributed by atoms with Crippen molar-refractivity contribution in [3.8, 4) is 5.75 Å². The summed E-state index contributed by atoms with van der Waals surface area (Å²) >= 11 is 0. The maximum atomic E-state index is 13.9. The van der Waals surface area contributed by atoms with Crippen LogP contribution in [0.5, 0.6) is 5.75 Å². The molecule has 0 radical (unpaired) electrons. The van der Waals surface area contributed by atoms with E-state index in [1.165, 1.54) is 10.5 Å². The summed E-state index contributed by atoms with van der Waals surface area (Å²) in [6, 6.07) is 27.3. The molecule has 0 saturated carbocycles. The lowest BCUT2D eigenvalue weighted by Gasteiger charge is -2.36. The Morgan fingerprint density at radius 1 is 0.778 bits per heavy atom. The molecule has 0 spiro atoms. The van der Waals surface area contributed by atoms with Crippen LogP contribution in [-0.2, 0) is 23.3 Å². The lowest BCUT2D eigenvalue weighted by molar-refractivity contribution is -0.133. The highest BCUT2D eigenvalue weighted by atomic mass is 16.5. The predicted octanol–water partition coefficient (Wildman–Crippen LogP) is 3.46. The number of nitrogens with one attached hydrogen (secondary N) is 1. The fourth-order valence-corrected chi connectivity index (χ4v) is 5.07. The van der Waals surface area contributed by atoms with Gasteiger partial charge in [-0.2, -0.15) is 0 Å². The summed E-state index contributed by atoms with van der Waals surface area (Å²) in [5.74, 6) is 0.666. The topological polar surface area (TPSA) is 65.1 Å². The van der Waals surface area contributed by atoms with Gasteiger partial charge in [-0.25, -0.2) is 9.69 Å². The minimum atomic E-state index is -1.10. The molecule has 0 bridgehead atoms. The number of carbonyl (C=O) groups excluding carboxylic acids is 2. The van der Waals surface area contributed by atoms with Gasteiger partial charge in [-0.15, -0.1) is 0 Å². The van der Waals surface area contributed by atoms with Crippen LogP contribution in [0.2, 0.25) is 0 Å². The second-order valence-corrected chi connectivity index (χ2v) is 9.48. The molecule has 2 aliphatic rings. The summed E-state index contributed by atoms with van der Waals surface area (Å²) in [7, 11) is 1.67. The molecular formula is C29H32N4O3. The third-order valence-electron chi connectivity index (χ3n) is 7.13. The summed E-state index contributed by atoms with van der Waals surface area (Å²) < 4.78 is 5.24. The zero-order valence-corrected chi connectivity index (χ0v) is 20.6. The van der Waals surface area contributed by atoms with Crippen molar-refractivity contribution < 1.29 is 14.3 Å². The number of rotatable bonds is 8. The van der Waals surface area contributed by atoms with Crippen LogP contribution in [0, 0.1) is 0 Å². The molecule has 2 aliphatic heterocycles. The Bertz CT molecular complexity index is 1180. The van der Waals surface area contributed by atoms with E-state index < -0.39 is 5.54 Å². The van der Waals surface area contributed by atoms with Gasteiger partial charge < -0.3 is 10.1 Å². The number of piperazine rings is 1. The number of ether oxygens (including phenoxy) is 1. The lowest BCUT2D eigenvalue weighted by Crippen LogP contribution is -2.51. The van der Waals surface area contributed by atoms with Crippen molar-refractivity contribution in [1.29, 1.82) is 0 Å². The van der Waals surface area contributed by atoms with Gasteiger partial charge in [0.05, 0.1) is 13.8 Å². The molecule has 3 amide bonds. The van der Waals surface area contributed by atoms with Crippen LogP contribution in [0.3, 0.4) is 0 Å². The van der Waals surface area contributed by atoms with E-state index in [1.54, 1.807) is 7.11 Å². The zero-order valence-electron chi connectivity index (χ0n) is 20.6. The average Bonchev–Trinajstić information content (AvgIpc) is 3.16. The largest absolute Gasteiger partial charge is 0.497 e. The SMILES string of the molecule is COc1ccc(CN2CCN(CN3C(=O)N[C@@](Cc4ccccc4)(c4ccccc4)C3=O)CC2)cc1. The van der Waals surface area contributed by atoms with Crippen LogP contribution in [0.15, 0.2) is 84.9 Å². The van der Waals surface area contributed by atoms with Crippen LogP contribution in [0.1, 0.15) is 16.7 Å². The first-order chi connectivity index (χ1) is 17.6. The van der Waals surface area contributed by atoms with Crippen molar-refractivity contribution >= 4 is 11.9 Å². The molecule has 2 fully saturated rings. The monoisotopic (exact) mass is 484 g/mol. The summed E-state index contributed by atoms with van der Waals surface area (Å²) in [5.41, 5.74) is 1.95. The van der Waals surface area contributed by atoms with Crippen molar-refractivity contribution in [2.45, 2.75) is 18.5 Å². The van der Waals surface area contributed by atoms with Crippen molar-refractivity contribution in [2.75, 3.05) is 40.0 Å². The number of nitrogens with zero attached hydrogens (tertiary/aromatic N) is 3. The molecule has 0 unspecified atom stereocenters. The highest BCUT2D eigenvalue weighted by Gasteiger charge is 2.52. The van der Waals surface area contributed by atoms with Gasteiger partial charge in [0, 0.05) is 39.1 Å². The van der Waals surface area contributed by atoms with E-state index in [-0.39, 0.29) is 11.9 Å². The Kier molecular flexibility index (Phi) is 7.02. The fraction of sp³-hybridized carbons (Fsp3) is 0.310. The van der Waals surface area contributed by atoms with Gasteiger partial charge in [-0.05, 0) is 28.8 Å². The standard InChI is InChI=1S/C29H32N4O3/c1-36-26-14-12-24(13-15-26)21-31-16-18-32(19-17-31)22-33-27(34)29(30-28(33)35,25-10-6-3-7-11-25)20-23-8-4-2-5-9-23/h2-15H,16-22H2,1H3,(H,30,35)/t29-/m0/s1. The van der Waals surface area contributed by atoms with Gasteiger partial charge in [-0.3, -0.25) is 14.6 Å². The molecule has 36 heavy (non-hydrogen) atoms. The van der Waals surface area contributed by atoms with Crippen LogP contribution >= 0.6 is 0 Å². The Labute approximate surface area is 212 Å². The minimum Gasteiger partial charge on any atom is -0.497 e. The van der Waals surface area contributed by atoms with Gasteiger partial charge >= 0.3 is 6.03 Å².